The smallest absolute Gasteiger partial charge is 0.402 e. The monoisotopic (exact) mass is 658 g/mol. The van der Waals surface area contributed by atoms with E-state index in [-0.39, 0.29) is 0 Å². The second-order valence-corrected chi connectivity index (χ2v) is 31.2. The van der Waals surface area contributed by atoms with Crippen LogP contribution in [-0.2, 0) is 20.6 Å². The van der Waals surface area contributed by atoms with Crippen LogP contribution in [0.1, 0.15) is 0 Å². The first-order chi connectivity index (χ1) is 19.0. The van der Waals surface area contributed by atoms with Crippen LogP contribution in [0.2, 0.25) is 26.2 Å². The molecule has 0 N–H and O–H groups in total. The molecule has 4 aromatic carbocycles. The van der Waals surface area contributed by atoms with E-state index in [9.17, 15) is 0 Å². The van der Waals surface area contributed by atoms with Gasteiger partial charge >= 0.3 is 26.2 Å². The lowest BCUT2D eigenvalue weighted by Gasteiger charge is -2.53. The Labute approximate surface area is 251 Å². The third-order valence-electron chi connectivity index (χ3n) is 6.18. The second kappa shape index (κ2) is 11.6. The van der Waals surface area contributed by atoms with Crippen molar-refractivity contribution in [2.45, 2.75) is 26.2 Å². The van der Waals surface area contributed by atoms with Crippen molar-refractivity contribution < 1.29 is 20.6 Å². The Morgan fingerprint density at radius 1 is 0.450 bits per heavy atom. The van der Waals surface area contributed by atoms with Gasteiger partial charge in [-0.3, -0.25) is 0 Å². The molecule has 1 aliphatic rings. The van der Waals surface area contributed by atoms with Gasteiger partial charge in [0, 0.05) is 0 Å². The molecule has 4 aromatic rings. The molecule has 0 aliphatic carbocycles. The minimum absolute atomic E-state index is 0.917. The van der Waals surface area contributed by atoms with E-state index in [1.165, 1.54) is 0 Å². The largest absolute Gasteiger partial charge is 0.642 e. The Bertz CT molecular complexity index is 1220. The fourth-order valence-corrected chi connectivity index (χ4v) is 26.9. The minimum atomic E-state index is -4.10. The average molecular weight is 660 g/mol. The van der Waals surface area contributed by atoms with Crippen LogP contribution in [0.3, 0.4) is 0 Å². The number of benzene rings is 4. The van der Waals surface area contributed by atoms with E-state index in [2.05, 4.69) is 0 Å². The number of halogens is 2. The lowest BCUT2D eigenvalue weighted by atomic mass is 10.4. The summed E-state index contributed by atoms with van der Waals surface area (Å²) in [7, 11) is -17.0. The summed E-state index contributed by atoms with van der Waals surface area (Å²) in [5.74, 6) is 0. The number of hydrogen-bond donors (Lipinski definition) is 0. The first kappa shape index (κ1) is 29.8. The minimum Gasteiger partial charge on any atom is -0.402 e. The van der Waals surface area contributed by atoms with Crippen molar-refractivity contribution in [2.24, 2.45) is 0 Å². The van der Waals surface area contributed by atoms with Crippen molar-refractivity contribution in [3.8, 4) is 0 Å². The Morgan fingerprint density at radius 3 is 0.925 bits per heavy atom. The molecule has 1 saturated heterocycles. The van der Waals surface area contributed by atoms with Gasteiger partial charge in [-0.2, -0.15) is 0 Å². The van der Waals surface area contributed by atoms with Gasteiger partial charge in [-0.1, -0.05) is 121 Å². The van der Waals surface area contributed by atoms with Gasteiger partial charge in [0.05, 0.1) is 0 Å². The summed E-state index contributed by atoms with van der Waals surface area (Å²) in [6.45, 7) is 7.56. The van der Waals surface area contributed by atoms with Gasteiger partial charge in [0.2, 0.25) is 0 Å². The molecular formula is C28H32Cl2O5Si5. The normalized spacial score (nSPS) is 18.2. The topological polar surface area (TPSA) is 46.2 Å². The third kappa shape index (κ3) is 6.38. The first-order valence-corrected chi connectivity index (χ1v) is 26.2. The maximum absolute atomic E-state index is 7.54. The van der Waals surface area contributed by atoms with E-state index >= 15 is 0 Å². The van der Waals surface area contributed by atoms with Gasteiger partial charge in [0.25, 0.3) is 15.3 Å². The summed E-state index contributed by atoms with van der Waals surface area (Å²) in [5, 5.41) is 3.67. The van der Waals surface area contributed by atoms with Crippen molar-refractivity contribution in [1.29, 1.82) is 0 Å². The molecule has 0 saturated carbocycles. The molecule has 0 amide bonds. The van der Waals surface area contributed by atoms with E-state index < -0.39 is 41.4 Å². The fourth-order valence-electron chi connectivity index (χ4n) is 4.75. The second-order valence-electron chi connectivity index (χ2n) is 10.4. The SMILES string of the molecule is C[Si](C)(Cl)O[Si]1(O[Si](C)(C)Cl)O[Si](c2ccccc2)(c2ccccc2)O[Si](c2ccccc2)(c2ccccc2)O1. The van der Waals surface area contributed by atoms with Crippen LogP contribution < -0.4 is 20.7 Å². The molecule has 40 heavy (non-hydrogen) atoms. The zero-order valence-electron chi connectivity index (χ0n) is 22.8. The lowest BCUT2D eigenvalue weighted by molar-refractivity contribution is 0.105. The summed E-state index contributed by atoms with van der Waals surface area (Å²) < 4.78 is 35.5. The first-order valence-electron chi connectivity index (χ1n) is 13.1. The molecule has 0 bridgehead atoms. The number of rotatable bonds is 8. The maximum Gasteiger partial charge on any atom is 0.642 e. The highest BCUT2D eigenvalue weighted by Crippen LogP contribution is 2.37. The van der Waals surface area contributed by atoms with Crippen LogP contribution in [0.25, 0.3) is 0 Å². The van der Waals surface area contributed by atoms with Gasteiger partial charge in [-0.25, -0.2) is 0 Å². The van der Waals surface area contributed by atoms with E-state index in [1.54, 1.807) is 0 Å². The van der Waals surface area contributed by atoms with E-state index in [4.69, 9.17) is 42.7 Å². The zero-order valence-corrected chi connectivity index (χ0v) is 29.4. The zero-order chi connectivity index (χ0) is 28.5. The summed E-state index contributed by atoms with van der Waals surface area (Å²) in [4.78, 5) is 0. The summed E-state index contributed by atoms with van der Waals surface area (Å²) >= 11 is 13.9. The van der Waals surface area contributed by atoms with Crippen LogP contribution in [0.15, 0.2) is 121 Å². The molecular weight excluding hydrogens is 628 g/mol. The van der Waals surface area contributed by atoms with Gasteiger partial charge in [0.1, 0.15) is 0 Å². The number of hydrogen-bond acceptors (Lipinski definition) is 5. The third-order valence-corrected chi connectivity index (χ3v) is 24.4. The molecule has 1 heterocycles. The van der Waals surface area contributed by atoms with Crippen LogP contribution in [0.4, 0.5) is 0 Å². The molecule has 1 fully saturated rings. The average Bonchev–Trinajstić information content (AvgIpc) is 2.92. The molecule has 0 unspecified atom stereocenters. The van der Waals surface area contributed by atoms with E-state index in [0.29, 0.717) is 0 Å². The van der Waals surface area contributed by atoms with Gasteiger partial charge in [-0.15, -0.1) is 22.2 Å². The molecule has 1 aliphatic heterocycles. The summed E-state index contributed by atoms with van der Waals surface area (Å²) in [5.41, 5.74) is 0. The summed E-state index contributed by atoms with van der Waals surface area (Å²) in [6.07, 6.45) is 0. The van der Waals surface area contributed by atoms with E-state index in [0.717, 1.165) is 20.7 Å². The van der Waals surface area contributed by atoms with Crippen molar-refractivity contribution >= 4 is 84.3 Å². The Balaban J connectivity index is 1.90. The molecule has 12 heteroatoms. The van der Waals surface area contributed by atoms with Crippen molar-refractivity contribution in [2.75, 3.05) is 0 Å². The van der Waals surface area contributed by atoms with Crippen molar-refractivity contribution in [1.82, 2.24) is 0 Å². The molecule has 0 aromatic heterocycles. The van der Waals surface area contributed by atoms with Gasteiger partial charge < -0.3 is 20.6 Å². The highest BCUT2D eigenvalue weighted by molar-refractivity contribution is 7.21. The Hall–Kier alpha value is -1.66. The van der Waals surface area contributed by atoms with Gasteiger partial charge in [-0.05, 0) is 46.9 Å². The lowest BCUT2D eigenvalue weighted by Crippen LogP contribution is -2.86. The van der Waals surface area contributed by atoms with Crippen LogP contribution in [0, 0.1) is 0 Å². The molecule has 0 radical (unpaired) electrons. The van der Waals surface area contributed by atoms with Crippen LogP contribution in [-0.4, -0.2) is 41.4 Å². The molecule has 5 rings (SSSR count). The predicted molar refractivity (Wildman–Crippen MR) is 174 cm³/mol. The quantitative estimate of drug-likeness (QED) is 0.199. The Kier molecular flexibility index (Phi) is 8.61. The highest BCUT2D eigenvalue weighted by Gasteiger charge is 2.71. The van der Waals surface area contributed by atoms with Crippen molar-refractivity contribution in [3.05, 3.63) is 121 Å². The summed E-state index contributed by atoms with van der Waals surface area (Å²) in [6, 6.07) is 40.3. The molecule has 0 spiro atoms. The molecule has 0 atom stereocenters. The fraction of sp³-hybridized carbons (Fsp3) is 0.143. The van der Waals surface area contributed by atoms with Crippen LogP contribution >= 0.6 is 22.2 Å². The van der Waals surface area contributed by atoms with Crippen LogP contribution in [0.5, 0.6) is 0 Å². The maximum atomic E-state index is 7.54. The highest BCUT2D eigenvalue weighted by atomic mass is 35.6. The predicted octanol–water partition coefficient (Wildman–Crippen LogP) is 4.91. The van der Waals surface area contributed by atoms with Gasteiger partial charge in [0.15, 0.2) is 0 Å². The van der Waals surface area contributed by atoms with E-state index in [1.807, 2.05) is 148 Å². The molecule has 208 valence electrons. The Morgan fingerprint density at radius 2 is 0.700 bits per heavy atom. The van der Waals surface area contributed by atoms with Crippen molar-refractivity contribution in [3.63, 3.8) is 0 Å². The standard InChI is InChI=1S/C28H32Cl2O5Si5/c1-36(2,29)31-40(32-37(3,4)30)34-38(25-17-9-5-10-18-25,26-19-11-6-12-20-26)33-39(35-40,27-21-13-7-14-22-27)28-23-15-8-16-24-28/h5-24H,1-4H3. The molecule has 5 nitrogen and oxygen atoms in total.